The van der Waals surface area contributed by atoms with Crippen LogP contribution in [0.1, 0.15) is 73.9 Å². The standard InChI is InChI=1S/C24H30FN3O5S/c1-5-16(14-6-8-15(25)9-7-14)19(29)21-17(24(32)33)13(4)20(34-21)23(31)28-11-10-27-22(30)18(26)12(2)3/h6-9,12,16,18H,5,10-11,26H2,1-4H3,(H,27,30)(H,28,31)(H,32,33)/t16?,18-/m0/s1. The number of thiophene rings is 1. The number of hydrogen-bond donors (Lipinski definition) is 4. The molecule has 2 aromatic rings. The molecular formula is C24H30FN3O5S. The minimum Gasteiger partial charge on any atom is -0.478 e. The predicted molar refractivity (Wildman–Crippen MR) is 128 cm³/mol. The van der Waals surface area contributed by atoms with Gasteiger partial charge in [-0.15, -0.1) is 11.3 Å². The van der Waals surface area contributed by atoms with Gasteiger partial charge in [-0.1, -0.05) is 32.9 Å². The van der Waals surface area contributed by atoms with E-state index in [1.807, 2.05) is 13.8 Å². The first-order valence-corrected chi connectivity index (χ1v) is 11.8. The van der Waals surface area contributed by atoms with E-state index in [0.717, 1.165) is 11.3 Å². The number of carboxylic acid groups (broad SMARTS) is 1. The SMILES string of the molecule is CCC(C(=O)c1sc(C(=O)NCCNC(=O)[C@@H](N)C(C)C)c(C)c1C(=O)O)c1ccc(F)cc1. The number of carbonyl (C=O) groups excluding carboxylic acids is 3. The smallest absolute Gasteiger partial charge is 0.337 e. The molecule has 5 N–H and O–H groups in total. The summed E-state index contributed by atoms with van der Waals surface area (Å²) in [5.74, 6) is -3.76. The number of carboxylic acids is 1. The molecule has 0 saturated heterocycles. The molecule has 0 aliphatic rings. The molecule has 184 valence electrons. The Morgan fingerprint density at radius 2 is 1.65 bits per heavy atom. The second-order valence-electron chi connectivity index (χ2n) is 8.26. The molecule has 1 aromatic heterocycles. The van der Waals surface area contributed by atoms with Crippen LogP contribution >= 0.6 is 11.3 Å². The summed E-state index contributed by atoms with van der Waals surface area (Å²) in [5, 5.41) is 15.0. The highest BCUT2D eigenvalue weighted by Crippen LogP contribution is 2.34. The minimum absolute atomic E-state index is 0.0254. The van der Waals surface area contributed by atoms with Crippen LogP contribution in [0.3, 0.4) is 0 Å². The van der Waals surface area contributed by atoms with E-state index in [2.05, 4.69) is 10.6 Å². The van der Waals surface area contributed by atoms with Gasteiger partial charge in [0.2, 0.25) is 5.91 Å². The van der Waals surface area contributed by atoms with E-state index in [1.165, 1.54) is 31.2 Å². The molecular weight excluding hydrogens is 461 g/mol. The molecule has 8 nitrogen and oxygen atoms in total. The number of amides is 2. The van der Waals surface area contributed by atoms with Crippen LogP contribution in [-0.4, -0.2) is 47.8 Å². The Labute approximate surface area is 201 Å². The summed E-state index contributed by atoms with van der Waals surface area (Å²) in [5.41, 5.74) is 6.32. The van der Waals surface area contributed by atoms with Crippen LogP contribution in [0.4, 0.5) is 4.39 Å². The largest absolute Gasteiger partial charge is 0.478 e. The van der Waals surface area contributed by atoms with Crippen molar-refractivity contribution in [1.29, 1.82) is 0 Å². The lowest BCUT2D eigenvalue weighted by molar-refractivity contribution is -0.123. The van der Waals surface area contributed by atoms with Gasteiger partial charge in [0.15, 0.2) is 5.78 Å². The van der Waals surface area contributed by atoms with Gasteiger partial charge in [-0.25, -0.2) is 9.18 Å². The summed E-state index contributed by atoms with van der Waals surface area (Å²) < 4.78 is 13.3. The zero-order valence-electron chi connectivity index (χ0n) is 19.6. The monoisotopic (exact) mass is 491 g/mol. The van der Waals surface area contributed by atoms with Gasteiger partial charge in [-0.3, -0.25) is 14.4 Å². The van der Waals surface area contributed by atoms with Crippen molar-refractivity contribution >= 4 is 34.9 Å². The minimum atomic E-state index is -1.31. The first kappa shape index (κ1) is 27.1. The summed E-state index contributed by atoms with van der Waals surface area (Å²) in [7, 11) is 0. The van der Waals surface area contributed by atoms with Crippen molar-refractivity contribution in [2.24, 2.45) is 11.7 Å². The summed E-state index contributed by atoms with van der Waals surface area (Å²) in [4.78, 5) is 50.0. The fourth-order valence-electron chi connectivity index (χ4n) is 3.45. The average Bonchev–Trinajstić information content (AvgIpc) is 3.14. The summed E-state index contributed by atoms with van der Waals surface area (Å²) in [6, 6.07) is 4.82. The number of carbonyl (C=O) groups is 4. The molecule has 1 aromatic carbocycles. The van der Waals surface area contributed by atoms with Crippen LogP contribution in [0.15, 0.2) is 24.3 Å². The van der Waals surface area contributed by atoms with Crippen LogP contribution in [-0.2, 0) is 4.79 Å². The van der Waals surface area contributed by atoms with E-state index in [9.17, 15) is 28.7 Å². The first-order valence-electron chi connectivity index (χ1n) is 11.0. The number of nitrogens with two attached hydrogens (primary N) is 1. The zero-order valence-corrected chi connectivity index (χ0v) is 20.4. The molecule has 34 heavy (non-hydrogen) atoms. The molecule has 0 bridgehead atoms. The van der Waals surface area contributed by atoms with E-state index in [-0.39, 0.29) is 45.8 Å². The number of benzene rings is 1. The fraction of sp³-hybridized carbons (Fsp3) is 0.417. The Morgan fingerprint density at radius 1 is 1.06 bits per heavy atom. The third kappa shape index (κ3) is 6.27. The number of aromatic carboxylic acids is 1. The van der Waals surface area contributed by atoms with Crippen LogP contribution < -0.4 is 16.4 Å². The molecule has 1 heterocycles. The molecule has 1 unspecified atom stereocenters. The normalized spacial score (nSPS) is 12.8. The van der Waals surface area contributed by atoms with Gasteiger partial charge in [-0.2, -0.15) is 0 Å². The molecule has 0 aliphatic carbocycles. The van der Waals surface area contributed by atoms with E-state index >= 15 is 0 Å². The summed E-state index contributed by atoms with van der Waals surface area (Å²) in [6.07, 6.45) is 0.375. The second kappa shape index (κ2) is 11.8. The molecule has 2 amide bonds. The molecule has 10 heteroatoms. The van der Waals surface area contributed by atoms with Gasteiger partial charge in [0, 0.05) is 19.0 Å². The maximum Gasteiger partial charge on any atom is 0.337 e. The number of nitrogens with one attached hydrogen (secondary N) is 2. The lowest BCUT2D eigenvalue weighted by Crippen LogP contribution is -2.46. The van der Waals surface area contributed by atoms with E-state index in [4.69, 9.17) is 5.73 Å². The van der Waals surface area contributed by atoms with Crippen LogP contribution in [0, 0.1) is 18.7 Å². The molecule has 0 spiro atoms. The summed E-state index contributed by atoms with van der Waals surface area (Å²) >= 11 is 0.821. The van der Waals surface area contributed by atoms with Gasteiger partial charge >= 0.3 is 5.97 Å². The molecule has 0 aliphatic heterocycles. The van der Waals surface area contributed by atoms with Gasteiger partial charge in [-0.05, 0) is 42.5 Å². The molecule has 0 fully saturated rings. The van der Waals surface area contributed by atoms with E-state index in [0.29, 0.717) is 12.0 Å². The third-order valence-electron chi connectivity index (χ3n) is 5.52. The lowest BCUT2D eigenvalue weighted by Gasteiger charge is -2.15. The Hall–Kier alpha value is -3.11. The lowest BCUT2D eigenvalue weighted by atomic mass is 9.90. The highest BCUT2D eigenvalue weighted by atomic mass is 32.1. The topological polar surface area (TPSA) is 139 Å². The predicted octanol–water partition coefficient (Wildman–Crippen LogP) is 3.10. The number of ketones is 1. The van der Waals surface area contributed by atoms with Crippen molar-refractivity contribution in [3.8, 4) is 0 Å². The van der Waals surface area contributed by atoms with Crippen LogP contribution in [0.2, 0.25) is 0 Å². The van der Waals surface area contributed by atoms with Gasteiger partial charge in [0.1, 0.15) is 5.82 Å². The Kier molecular flexibility index (Phi) is 9.46. The quantitative estimate of drug-likeness (QED) is 0.281. The zero-order chi connectivity index (χ0) is 25.6. The highest BCUT2D eigenvalue weighted by Gasteiger charge is 2.31. The van der Waals surface area contributed by atoms with E-state index < -0.39 is 35.4 Å². The first-order chi connectivity index (χ1) is 16.0. The van der Waals surface area contributed by atoms with Crippen molar-refractivity contribution < 1.29 is 28.7 Å². The van der Waals surface area contributed by atoms with Crippen molar-refractivity contribution in [1.82, 2.24) is 10.6 Å². The Balaban J connectivity index is 2.20. The maximum atomic E-state index is 13.3. The molecule has 0 radical (unpaired) electrons. The number of Topliss-reactive ketones (excluding diaryl/α,β-unsaturated/α-hetero) is 1. The molecule has 2 atom stereocenters. The van der Waals surface area contributed by atoms with Crippen LogP contribution in [0.25, 0.3) is 0 Å². The highest BCUT2D eigenvalue weighted by molar-refractivity contribution is 7.16. The van der Waals surface area contributed by atoms with Gasteiger partial charge < -0.3 is 21.5 Å². The number of halogens is 1. The van der Waals surface area contributed by atoms with Gasteiger partial charge in [0.05, 0.1) is 21.4 Å². The fourth-order valence-corrected chi connectivity index (χ4v) is 4.66. The molecule has 0 saturated carbocycles. The van der Waals surface area contributed by atoms with Crippen molar-refractivity contribution in [2.45, 2.75) is 46.1 Å². The third-order valence-corrected chi connectivity index (χ3v) is 6.82. The Morgan fingerprint density at radius 3 is 2.18 bits per heavy atom. The van der Waals surface area contributed by atoms with E-state index in [1.54, 1.807) is 6.92 Å². The van der Waals surface area contributed by atoms with Gasteiger partial charge in [0.25, 0.3) is 5.91 Å². The van der Waals surface area contributed by atoms with Crippen molar-refractivity contribution in [3.05, 3.63) is 56.5 Å². The second-order valence-corrected chi connectivity index (χ2v) is 9.28. The average molecular weight is 492 g/mol. The van der Waals surface area contributed by atoms with Crippen molar-refractivity contribution in [3.63, 3.8) is 0 Å². The molecule has 2 rings (SSSR count). The Bertz CT molecular complexity index is 1070. The number of hydrogen-bond acceptors (Lipinski definition) is 6. The maximum absolute atomic E-state index is 13.3. The number of rotatable bonds is 11. The van der Waals surface area contributed by atoms with Crippen molar-refractivity contribution in [2.75, 3.05) is 13.1 Å². The summed E-state index contributed by atoms with van der Waals surface area (Å²) in [6.45, 7) is 7.16. The van der Waals surface area contributed by atoms with Crippen LogP contribution in [0.5, 0.6) is 0 Å².